The second kappa shape index (κ2) is 5.43. The summed E-state index contributed by atoms with van der Waals surface area (Å²) < 4.78 is 1.04. The van der Waals surface area contributed by atoms with Crippen LogP contribution in [0.4, 0.5) is 5.69 Å². The molecule has 16 heavy (non-hydrogen) atoms. The van der Waals surface area contributed by atoms with Crippen LogP contribution in [0.5, 0.6) is 0 Å². The van der Waals surface area contributed by atoms with E-state index in [-0.39, 0.29) is 0 Å². The molecule has 0 amide bonds. The van der Waals surface area contributed by atoms with Crippen molar-refractivity contribution in [2.45, 2.75) is 41.9 Å². The Balaban J connectivity index is 1.98. The molecular formula is C12H17BrN2S. The first-order valence-electron chi connectivity index (χ1n) is 5.62. The Bertz CT molecular complexity index is 362. The molecule has 2 nitrogen and oxygen atoms in total. The average Bonchev–Trinajstić information content (AvgIpc) is 2.25. The molecule has 0 aliphatic heterocycles. The maximum Gasteiger partial charge on any atom is 0.0463 e. The fourth-order valence-electron chi connectivity index (χ4n) is 2.01. The van der Waals surface area contributed by atoms with Crippen LogP contribution in [0.3, 0.4) is 0 Å². The van der Waals surface area contributed by atoms with E-state index in [0.717, 1.165) is 23.0 Å². The van der Waals surface area contributed by atoms with Gasteiger partial charge < -0.3 is 11.5 Å². The SMILES string of the molecule is Nc1cc(Br)ccc1SC1CCC(N)CC1. The van der Waals surface area contributed by atoms with Crippen molar-refractivity contribution in [3.05, 3.63) is 22.7 Å². The molecule has 4 heteroatoms. The van der Waals surface area contributed by atoms with Gasteiger partial charge in [0, 0.05) is 26.3 Å². The summed E-state index contributed by atoms with van der Waals surface area (Å²) in [6.45, 7) is 0. The van der Waals surface area contributed by atoms with Crippen molar-refractivity contribution in [2.75, 3.05) is 5.73 Å². The average molecular weight is 301 g/mol. The Morgan fingerprint density at radius 3 is 2.50 bits per heavy atom. The largest absolute Gasteiger partial charge is 0.398 e. The van der Waals surface area contributed by atoms with Gasteiger partial charge in [0.2, 0.25) is 0 Å². The quantitative estimate of drug-likeness (QED) is 0.823. The van der Waals surface area contributed by atoms with Gasteiger partial charge in [0.05, 0.1) is 0 Å². The number of thioether (sulfide) groups is 1. The summed E-state index contributed by atoms with van der Waals surface area (Å²) in [5.74, 6) is 0. The van der Waals surface area contributed by atoms with Gasteiger partial charge in [-0.1, -0.05) is 15.9 Å². The molecule has 0 aromatic heterocycles. The third kappa shape index (κ3) is 3.15. The van der Waals surface area contributed by atoms with E-state index in [0.29, 0.717) is 11.3 Å². The molecule has 0 heterocycles. The van der Waals surface area contributed by atoms with E-state index in [1.165, 1.54) is 17.7 Å². The van der Waals surface area contributed by atoms with E-state index in [2.05, 4.69) is 22.0 Å². The van der Waals surface area contributed by atoms with Crippen molar-refractivity contribution in [1.29, 1.82) is 0 Å². The molecule has 0 atom stereocenters. The number of hydrogen-bond acceptors (Lipinski definition) is 3. The molecular weight excluding hydrogens is 284 g/mol. The van der Waals surface area contributed by atoms with Crippen molar-refractivity contribution < 1.29 is 0 Å². The molecule has 1 aliphatic carbocycles. The normalized spacial score (nSPS) is 25.6. The Morgan fingerprint density at radius 1 is 1.19 bits per heavy atom. The molecule has 2 rings (SSSR count). The summed E-state index contributed by atoms with van der Waals surface area (Å²) in [6.07, 6.45) is 4.71. The van der Waals surface area contributed by atoms with Crippen molar-refractivity contribution in [3.63, 3.8) is 0 Å². The van der Waals surface area contributed by atoms with Gasteiger partial charge in [-0.15, -0.1) is 11.8 Å². The second-order valence-corrected chi connectivity index (χ2v) is 6.59. The molecule has 0 radical (unpaired) electrons. The highest BCUT2D eigenvalue weighted by molar-refractivity contribution is 9.10. The lowest BCUT2D eigenvalue weighted by molar-refractivity contribution is 0.451. The standard InChI is InChI=1S/C12H17BrN2S/c13-8-1-6-12(11(15)7-8)16-10-4-2-9(14)3-5-10/h1,6-7,9-10H,2-5,14-15H2. The summed E-state index contributed by atoms with van der Waals surface area (Å²) in [6, 6.07) is 6.53. The van der Waals surface area contributed by atoms with Crippen LogP contribution in [0.15, 0.2) is 27.6 Å². The summed E-state index contributed by atoms with van der Waals surface area (Å²) in [4.78, 5) is 1.20. The van der Waals surface area contributed by atoms with E-state index in [1.807, 2.05) is 23.9 Å². The number of rotatable bonds is 2. The van der Waals surface area contributed by atoms with Crippen LogP contribution in [0.1, 0.15) is 25.7 Å². The van der Waals surface area contributed by atoms with Crippen molar-refractivity contribution in [2.24, 2.45) is 5.73 Å². The molecule has 0 saturated heterocycles. The van der Waals surface area contributed by atoms with E-state index in [9.17, 15) is 0 Å². The fourth-order valence-corrected chi connectivity index (χ4v) is 3.60. The minimum Gasteiger partial charge on any atom is -0.398 e. The molecule has 4 N–H and O–H groups in total. The second-order valence-electron chi connectivity index (χ2n) is 4.34. The first-order valence-corrected chi connectivity index (χ1v) is 7.29. The van der Waals surface area contributed by atoms with Gasteiger partial charge in [0.15, 0.2) is 0 Å². The molecule has 1 aliphatic rings. The lowest BCUT2D eigenvalue weighted by Gasteiger charge is -2.25. The van der Waals surface area contributed by atoms with Gasteiger partial charge >= 0.3 is 0 Å². The van der Waals surface area contributed by atoms with Gasteiger partial charge in [-0.05, 0) is 43.9 Å². The summed E-state index contributed by atoms with van der Waals surface area (Å²) in [5.41, 5.74) is 12.8. The maximum absolute atomic E-state index is 5.99. The van der Waals surface area contributed by atoms with Gasteiger partial charge in [0.25, 0.3) is 0 Å². The third-order valence-electron chi connectivity index (χ3n) is 2.98. The molecule has 0 unspecified atom stereocenters. The van der Waals surface area contributed by atoms with Crippen molar-refractivity contribution >= 4 is 33.4 Å². The minimum atomic E-state index is 0.416. The zero-order valence-corrected chi connectivity index (χ0v) is 11.6. The van der Waals surface area contributed by atoms with E-state index in [4.69, 9.17) is 11.5 Å². The van der Waals surface area contributed by atoms with Crippen LogP contribution in [0.2, 0.25) is 0 Å². The van der Waals surface area contributed by atoms with Crippen LogP contribution in [-0.2, 0) is 0 Å². The lowest BCUT2D eigenvalue weighted by atomic mass is 9.96. The first-order chi connectivity index (χ1) is 7.65. The molecule has 0 bridgehead atoms. The summed E-state index contributed by atoms with van der Waals surface area (Å²) in [5, 5.41) is 0.684. The number of nitrogens with two attached hydrogens (primary N) is 2. The number of hydrogen-bond donors (Lipinski definition) is 2. The predicted octanol–water partition coefficient (Wildman–Crippen LogP) is 3.39. The predicted molar refractivity (Wildman–Crippen MR) is 74.6 cm³/mol. The molecule has 1 fully saturated rings. The number of benzene rings is 1. The van der Waals surface area contributed by atoms with Gasteiger partial charge in [-0.25, -0.2) is 0 Å². The third-order valence-corrected chi connectivity index (χ3v) is 4.91. The highest BCUT2D eigenvalue weighted by Gasteiger charge is 2.19. The molecule has 1 aromatic carbocycles. The van der Waals surface area contributed by atoms with Gasteiger partial charge in [-0.3, -0.25) is 0 Å². The Morgan fingerprint density at radius 2 is 1.88 bits per heavy atom. The van der Waals surface area contributed by atoms with Crippen molar-refractivity contribution in [1.82, 2.24) is 0 Å². The van der Waals surface area contributed by atoms with Crippen LogP contribution < -0.4 is 11.5 Å². The molecule has 88 valence electrons. The van der Waals surface area contributed by atoms with Crippen LogP contribution in [-0.4, -0.2) is 11.3 Å². The topological polar surface area (TPSA) is 52.0 Å². The maximum atomic E-state index is 5.99. The molecule has 1 saturated carbocycles. The van der Waals surface area contributed by atoms with Crippen LogP contribution in [0.25, 0.3) is 0 Å². The smallest absolute Gasteiger partial charge is 0.0463 e. The Hall–Kier alpha value is -0.190. The van der Waals surface area contributed by atoms with E-state index >= 15 is 0 Å². The summed E-state index contributed by atoms with van der Waals surface area (Å²) in [7, 11) is 0. The van der Waals surface area contributed by atoms with Crippen molar-refractivity contribution in [3.8, 4) is 0 Å². The van der Waals surface area contributed by atoms with Gasteiger partial charge in [0.1, 0.15) is 0 Å². The van der Waals surface area contributed by atoms with Gasteiger partial charge in [-0.2, -0.15) is 0 Å². The summed E-state index contributed by atoms with van der Waals surface area (Å²) >= 11 is 5.32. The fraction of sp³-hybridized carbons (Fsp3) is 0.500. The first kappa shape index (κ1) is 12.3. The van der Waals surface area contributed by atoms with Crippen LogP contribution >= 0.6 is 27.7 Å². The Labute approximate surface area is 109 Å². The number of anilines is 1. The molecule has 0 spiro atoms. The Kier molecular flexibility index (Phi) is 4.16. The highest BCUT2D eigenvalue weighted by Crippen LogP contribution is 2.36. The van der Waals surface area contributed by atoms with Crippen LogP contribution in [0, 0.1) is 0 Å². The number of nitrogen functional groups attached to an aromatic ring is 1. The van der Waals surface area contributed by atoms with E-state index in [1.54, 1.807) is 0 Å². The number of halogens is 1. The zero-order valence-electron chi connectivity index (χ0n) is 9.16. The lowest BCUT2D eigenvalue weighted by Crippen LogP contribution is -2.27. The minimum absolute atomic E-state index is 0.416. The van der Waals surface area contributed by atoms with E-state index < -0.39 is 0 Å². The molecule has 1 aromatic rings. The highest BCUT2D eigenvalue weighted by atomic mass is 79.9. The monoisotopic (exact) mass is 300 g/mol. The zero-order chi connectivity index (χ0) is 11.5.